The highest BCUT2D eigenvalue weighted by molar-refractivity contribution is 7.99. The number of alkyl halides is 1. The Morgan fingerprint density at radius 3 is 2.85 bits per heavy atom. The van der Waals surface area contributed by atoms with Crippen molar-refractivity contribution in [3.63, 3.8) is 0 Å². The summed E-state index contributed by atoms with van der Waals surface area (Å²) in [5.74, 6) is 0.823. The van der Waals surface area contributed by atoms with Gasteiger partial charge in [0.1, 0.15) is 0 Å². The molecule has 1 atom stereocenters. The molecule has 0 saturated carbocycles. The van der Waals surface area contributed by atoms with Gasteiger partial charge < -0.3 is 4.74 Å². The summed E-state index contributed by atoms with van der Waals surface area (Å²) in [6.45, 7) is 6.75. The number of thioether (sulfide) groups is 1. The number of carbonyl (C=O) groups excluding carboxylic acids is 1. The number of halogens is 1. The summed E-state index contributed by atoms with van der Waals surface area (Å²) in [5.41, 5.74) is 4.03. The minimum Gasteiger partial charge on any atom is -0.462 e. The average Bonchev–Trinajstić information content (AvgIpc) is 2.62. The molecule has 0 N–H and O–H groups in total. The highest BCUT2D eigenvalue weighted by Gasteiger charge is 2.28. The molecule has 0 saturated heterocycles. The normalized spacial score (nSPS) is 16.6. The van der Waals surface area contributed by atoms with Crippen molar-refractivity contribution in [2.45, 2.75) is 49.3 Å². The summed E-state index contributed by atoms with van der Waals surface area (Å²) in [7, 11) is 0. The minimum absolute atomic E-state index is 0.149. The number of benzene rings is 1. The maximum Gasteiger partial charge on any atom is 0.339 e. The van der Waals surface area contributed by atoms with Gasteiger partial charge in [0.2, 0.25) is 0 Å². The molecule has 26 heavy (non-hydrogen) atoms. The second-order valence-corrected chi connectivity index (χ2v) is 8.83. The summed E-state index contributed by atoms with van der Waals surface area (Å²) in [5, 5.41) is -0.149. The third-order valence-electron chi connectivity index (χ3n) is 4.80. The lowest BCUT2D eigenvalue weighted by molar-refractivity contribution is 0.0526. The van der Waals surface area contributed by atoms with Gasteiger partial charge >= 0.3 is 5.97 Å². The second-order valence-electron chi connectivity index (χ2n) is 7.17. The van der Waals surface area contributed by atoms with Gasteiger partial charge in [-0.05, 0) is 53.8 Å². The van der Waals surface area contributed by atoms with E-state index in [2.05, 4.69) is 37.0 Å². The Bertz CT molecular complexity index is 789. The van der Waals surface area contributed by atoms with Gasteiger partial charge in [0.25, 0.3) is 0 Å². The topological polar surface area (TPSA) is 39.2 Å². The predicted molar refractivity (Wildman–Crippen MR) is 107 cm³/mol. The maximum absolute atomic E-state index is 11.7. The molecule has 0 radical (unpaired) electrons. The van der Waals surface area contributed by atoms with Crippen LogP contribution in [-0.2, 0) is 16.6 Å². The summed E-state index contributed by atoms with van der Waals surface area (Å²) >= 11 is 8.61. The fourth-order valence-electron chi connectivity index (χ4n) is 3.13. The number of carbonyl (C=O) groups is 1. The number of aromatic nitrogens is 1. The number of esters is 1. The Kier molecular flexibility index (Phi) is 5.93. The van der Waals surface area contributed by atoms with E-state index in [-0.39, 0.29) is 16.8 Å². The van der Waals surface area contributed by atoms with Crippen LogP contribution in [0.2, 0.25) is 0 Å². The molecule has 3 nitrogen and oxygen atoms in total. The summed E-state index contributed by atoms with van der Waals surface area (Å²) in [4.78, 5) is 17.4. The van der Waals surface area contributed by atoms with Crippen molar-refractivity contribution >= 4 is 29.3 Å². The molecule has 1 aliphatic heterocycles. The highest BCUT2D eigenvalue weighted by atomic mass is 35.5. The van der Waals surface area contributed by atoms with E-state index in [0.29, 0.717) is 18.6 Å². The van der Waals surface area contributed by atoms with E-state index < -0.39 is 0 Å². The number of pyridine rings is 1. The van der Waals surface area contributed by atoms with Gasteiger partial charge in [-0.25, -0.2) is 4.79 Å². The fourth-order valence-corrected chi connectivity index (χ4v) is 4.91. The zero-order valence-electron chi connectivity index (χ0n) is 15.4. The van der Waals surface area contributed by atoms with E-state index in [9.17, 15) is 4.79 Å². The Morgan fingerprint density at radius 1 is 1.35 bits per heavy atom. The molecule has 138 valence electrons. The van der Waals surface area contributed by atoms with E-state index >= 15 is 0 Å². The largest absolute Gasteiger partial charge is 0.462 e. The van der Waals surface area contributed by atoms with Gasteiger partial charge in [-0.15, -0.1) is 23.4 Å². The van der Waals surface area contributed by atoms with Crippen LogP contribution < -0.4 is 0 Å². The molecule has 0 bridgehead atoms. The Balaban J connectivity index is 1.74. The third-order valence-corrected chi connectivity index (χ3v) is 6.28. The van der Waals surface area contributed by atoms with Crippen LogP contribution >= 0.6 is 23.4 Å². The van der Waals surface area contributed by atoms with Gasteiger partial charge in [-0.3, -0.25) is 4.98 Å². The number of hydrogen-bond donors (Lipinski definition) is 0. The maximum atomic E-state index is 11.7. The van der Waals surface area contributed by atoms with E-state index in [1.54, 1.807) is 19.2 Å². The van der Waals surface area contributed by atoms with Crippen molar-refractivity contribution in [1.29, 1.82) is 0 Å². The molecule has 1 aromatic carbocycles. The molecular formula is C21H24ClNO2S. The lowest BCUT2D eigenvalue weighted by Crippen LogP contribution is -2.23. The first kappa shape index (κ1) is 19.2. The Morgan fingerprint density at radius 2 is 2.15 bits per heavy atom. The zero-order chi connectivity index (χ0) is 18.7. The van der Waals surface area contributed by atoms with Crippen LogP contribution in [0, 0.1) is 0 Å². The van der Waals surface area contributed by atoms with Crippen LogP contribution in [0.3, 0.4) is 0 Å². The van der Waals surface area contributed by atoms with Crippen molar-refractivity contribution in [1.82, 2.24) is 4.98 Å². The molecule has 2 heterocycles. The SMILES string of the molecule is CCOC(=O)c1ccc(CC(Cl)c2ccc3c(c2)C(C)(C)CCS3)nc1. The van der Waals surface area contributed by atoms with Gasteiger partial charge in [0.05, 0.1) is 17.5 Å². The van der Waals surface area contributed by atoms with E-state index in [4.69, 9.17) is 16.3 Å². The number of hydrogen-bond acceptors (Lipinski definition) is 4. The summed E-state index contributed by atoms with van der Waals surface area (Å²) in [6, 6.07) is 10.2. The molecule has 0 aliphatic carbocycles. The predicted octanol–water partition coefficient (Wildman–Crippen LogP) is 5.55. The van der Waals surface area contributed by atoms with Gasteiger partial charge in [0.15, 0.2) is 0 Å². The third kappa shape index (κ3) is 4.24. The van der Waals surface area contributed by atoms with Crippen LogP contribution in [-0.4, -0.2) is 23.3 Å². The van der Waals surface area contributed by atoms with Crippen LogP contribution in [0.25, 0.3) is 0 Å². The van der Waals surface area contributed by atoms with E-state index in [0.717, 1.165) is 11.3 Å². The zero-order valence-corrected chi connectivity index (χ0v) is 17.0. The van der Waals surface area contributed by atoms with Gasteiger partial charge in [0, 0.05) is 23.2 Å². The Labute approximate surface area is 164 Å². The van der Waals surface area contributed by atoms with Crippen LogP contribution in [0.5, 0.6) is 0 Å². The molecule has 1 aliphatic rings. The summed E-state index contributed by atoms with van der Waals surface area (Å²) < 4.78 is 4.98. The summed E-state index contributed by atoms with van der Waals surface area (Å²) in [6.07, 6.45) is 3.36. The second kappa shape index (κ2) is 8.01. The van der Waals surface area contributed by atoms with E-state index in [1.165, 1.54) is 22.6 Å². The number of fused-ring (bicyclic) bond motifs is 1. The average molecular weight is 390 g/mol. The van der Waals surface area contributed by atoms with Gasteiger partial charge in [-0.2, -0.15) is 0 Å². The standard InChI is InChI=1S/C21H24ClNO2S/c1-4-25-20(24)15-5-7-16(23-13-15)12-18(22)14-6-8-19-17(11-14)21(2,3)9-10-26-19/h5-8,11,13,18H,4,9-10,12H2,1-3H3. The molecule has 5 heteroatoms. The molecule has 1 aromatic heterocycles. The first-order chi connectivity index (χ1) is 12.4. The van der Waals surface area contributed by atoms with E-state index in [1.807, 2.05) is 17.8 Å². The highest BCUT2D eigenvalue weighted by Crippen LogP contribution is 2.43. The molecule has 0 fully saturated rings. The van der Waals surface area contributed by atoms with Crippen LogP contribution in [0.1, 0.15) is 59.7 Å². The van der Waals surface area contributed by atoms with Crippen molar-refractivity contribution < 1.29 is 9.53 Å². The first-order valence-electron chi connectivity index (χ1n) is 8.94. The molecular weight excluding hydrogens is 366 g/mol. The lowest BCUT2D eigenvalue weighted by Gasteiger charge is -2.32. The quantitative estimate of drug-likeness (QED) is 0.496. The van der Waals surface area contributed by atoms with Crippen LogP contribution in [0.4, 0.5) is 0 Å². The number of nitrogens with zero attached hydrogens (tertiary/aromatic N) is 1. The Hall–Kier alpha value is -1.52. The van der Waals surface area contributed by atoms with Crippen molar-refractivity contribution in [2.75, 3.05) is 12.4 Å². The van der Waals surface area contributed by atoms with Crippen LogP contribution in [0.15, 0.2) is 41.4 Å². The molecule has 3 rings (SSSR count). The van der Waals surface area contributed by atoms with Crippen molar-refractivity contribution in [3.05, 3.63) is 58.9 Å². The smallest absolute Gasteiger partial charge is 0.339 e. The fraction of sp³-hybridized carbons (Fsp3) is 0.429. The first-order valence-corrected chi connectivity index (χ1v) is 10.4. The lowest BCUT2D eigenvalue weighted by atomic mass is 9.81. The molecule has 0 amide bonds. The molecule has 1 unspecified atom stereocenters. The minimum atomic E-state index is -0.344. The molecule has 2 aromatic rings. The number of rotatable bonds is 5. The van der Waals surface area contributed by atoms with Crippen molar-refractivity contribution in [2.24, 2.45) is 0 Å². The number of ether oxygens (including phenoxy) is 1. The van der Waals surface area contributed by atoms with Gasteiger partial charge in [-0.1, -0.05) is 26.0 Å². The molecule has 0 spiro atoms. The monoisotopic (exact) mass is 389 g/mol. The van der Waals surface area contributed by atoms with Crippen molar-refractivity contribution in [3.8, 4) is 0 Å².